The maximum Gasteiger partial charge on any atom is 0.261 e. The number of rotatable bonds is 5. The first-order chi connectivity index (χ1) is 16.6. The first-order valence-corrected chi connectivity index (χ1v) is 11.2. The molecule has 7 heteroatoms. The lowest BCUT2D eigenvalue weighted by Gasteiger charge is -2.09. The summed E-state index contributed by atoms with van der Waals surface area (Å²) in [6.07, 6.45) is 7.11. The largest absolute Gasteiger partial charge is 0.322 e. The first kappa shape index (κ1) is 21.6. The molecule has 0 fully saturated rings. The second-order valence-electron chi connectivity index (χ2n) is 7.46. The van der Waals surface area contributed by atoms with E-state index in [1.165, 1.54) is 6.07 Å². The molecule has 0 radical (unpaired) electrons. The summed E-state index contributed by atoms with van der Waals surface area (Å²) in [4.78, 5) is 23.0. The fourth-order valence-electron chi connectivity index (χ4n) is 3.61. The average Bonchev–Trinajstić information content (AvgIpc) is 3.31. The SMILES string of the molecule is O=C(Nc1ccc(-c2cc(-c3cccnc3)sc2-c2cccnc2)cc1)c1c(F)cccc1F. The van der Waals surface area contributed by atoms with Crippen molar-refractivity contribution in [1.29, 1.82) is 0 Å². The van der Waals surface area contributed by atoms with E-state index < -0.39 is 23.1 Å². The van der Waals surface area contributed by atoms with Crippen molar-refractivity contribution >= 4 is 22.9 Å². The smallest absolute Gasteiger partial charge is 0.261 e. The van der Waals surface area contributed by atoms with Crippen LogP contribution in [0.1, 0.15) is 10.4 Å². The van der Waals surface area contributed by atoms with Gasteiger partial charge in [-0.1, -0.05) is 30.3 Å². The van der Waals surface area contributed by atoms with E-state index in [4.69, 9.17) is 0 Å². The van der Waals surface area contributed by atoms with Gasteiger partial charge >= 0.3 is 0 Å². The summed E-state index contributed by atoms with van der Waals surface area (Å²) >= 11 is 1.64. The van der Waals surface area contributed by atoms with Gasteiger partial charge in [0.25, 0.3) is 5.91 Å². The van der Waals surface area contributed by atoms with E-state index in [-0.39, 0.29) is 0 Å². The molecule has 5 rings (SSSR count). The molecule has 166 valence electrons. The third kappa shape index (κ3) is 4.33. The molecule has 4 nitrogen and oxygen atoms in total. The lowest BCUT2D eigenvalue weighted by atomic mass is 10.0. The lowest BCUT2D eigenvalue weighted by Crippen LogP contribution is -2.15. The van der Waals surface area contributed by atoms with E-state index >= 15 is 0 Å². The Morgan fingerprint density at radius 3 is 2.03 bits per heavy atom. The Morgan fingerprint density at radius 2 is 1.41 bits per heavy atom. The van der Waals surface area contributed by atoms with Crippen LogP contribution in [0.3, 0.4) is 0 Å². The maximum atomic E-state index is 13.9. The molecule has 3 heterocycles. The number of aromatic nitrogens is 2. The van der Waals surface area contributed by atoms with Gasteiger partial charge in [0, 0.05) is 56.9 Å². The van der Waals surface area contributed by atoms with E-state index in [0.717, 1.165) is 44.1 Å². The summed E-state index contributed by atoms with van der Waals surface area (Å²) in [6.45, 7) is 0. The molecule has 0 aliphatic heterocycles. The number of halogens is 2. The van der Waals surface area contributed by atoms with Crippen molar-refractivity contribution in [3.8, 4) is 32.0 Å². The van der Waals surface area contributed by atoms with E-state index in [1.807, 2.05) is 48.8 Å². The molecule has 34 heavy (non-hydrogen) atoms. The number of pyridine rings is 2. The van der Waals surface area contributed by atoms with Crippen LogP contribution in [-0.2, 0) is 0 Å². The van der Waals surface area contributed by atoms with Gasteiger partial charge in [-0.2, -0.15) is 0 Å². The number of hydrogen-bond donors (Lipinski definition) is 1. The van der Waals surface area contributed by atoms with Crippen LogP contribution in [0.25, 0.3) is 32.0 Å². The minimum atomic E-state index is -0.906. The number of carbonyl (C=O) groups excluding carboxylic acids is 1. The molecule has 0 spiro atoms. The van der Waals surface area contributed by atoms with Crippen molar-refractivity contribution in [2.24, 2.45) is 0 Å². The fraction of sp³-hybridized carbons (Fsp3) is 0. The number of thiophene rings is 1. The number of benzene rings is 2. The van der Waals surface area contributed by atoms with Crippen LogP contribution in [0.2, 0.25) is 0 Å². The van der Waals surface area contributed by atoms with Crippen molar-refractivity contribution in [3.05, 3.63) is 115 Å². The standard InChI is InChI=1S/C27H17F2N3OS/c28-22-6-1-7-23(29)25(22)27(33)32-20-10-8-17(9-11-20)21-14-24(18-4-2-12-30-15-18)34-26(21)19-5-3-13-31-16-19/h1-16H,(H,32,33). The van der Waals surface area contributed by atoms with Gasteiger partial charge in [-0.3, -0.25) is 14.8 Å². The zero-order valence-corrected chi connectivity index (χ0v) is 18.5. The molecule has 0 unspecified atom stereocenters. The zero-order chi connectivity index (χ0) is 23.5. The molecule has 0 atom stereocenters. The summed E-state index contributed by atoms with van der Waals surface area (Å²) in [5.74, 6) is -2.65. The van der Waals surface area contributed by atoms with E-state index in [9.17, 15) is 13.6 Å². The molecule has 3 aromatic heterocycles. The quantitative estimate of drug-likeness (QED) is 0.300. The van der Waals surface area contributed by atoms with Crippen LogP contribution in [0.5, 0.6) is 0 Å². The number of nitrogens with zero attached hydrogens (tertiary/aromatic N) is 2. The van der Waals surface area contributed by atoms with Crippen molar-refractivity contribution in [1.82, 2.24) is 9.97 Å². The second kappa shape index (κ2) is 9.33. The Bertz CT molecular complexity index is 1430. The van der Waals surface area contributed by atoms with Crippen molar-refractivity contribution in [2.45, 2.75) is 0 Å². The zero-order valence-electron chi connectivity index (χ0n) is 17.7. The highest BCUT2D eigenvalue weighted by Gasteiger charge is 2.18. The van der Waals surface area contributed by atoms with Crippen LogP contribution in [0.4, 0.5) is 14.5 Å². The summed E-state index contributed by atoms with van der Waals surface area (Å²) < 4.78 is 27.9. The van der Waals surface area contributed by atoms with E-state index in [2.05, 4.69) is 21.4 Å². The number of anilines is 1. The van der Waals surface area contributed by atoms with Crippen LogP contribution < -0.4 is 5.32 Å². The Morgan fingerprint density at radius 1 is 0.765 bits per heavy atom. The molecular weight excluding hydrogens is 452 g/mol. The third-order valence-electron chi connectivity index (χ3n) is 5.25. The molecule has 0 bridgehead atoms. The number of amides is 1. The predicted molar refractivity (Wildman–Crippen MR) is 131 cm³/mol. The highest BCUT2D eigenvalue weighted by molar-refractivity contribution is 7.19. The van der Waals surface area contributed by atoms with Crippen molar-refractivity contribution in [3.63, 3.8) is 0 Å². The van der Waals surface area contributed by atoms with E-state index in [0.29, 0.717) is 5.69 Å². The predicted octanol–water partition coefficient (Wildman–Crippen LogP) is 7.07. The van der Waals surface area contributed by atoms with Crippen molar-refractivity contribution in [2.75, 3.05) is 5.32 Å². The molecule has 0 aliphatic carbocycles. The molecule has 0 saturated heterocycles. The molecule has 2 aromatic carbocycles. The number of hydrogen-bond acceptors (Lipinski definition) is 4. The normalized spacial score (nSPS) is 10.8. The van der Waals surface area contributed by atoms with Gasteiger partial charge in [-0.05, 0) is 48.0 Å². The van der Waals surface area contributed by atoms with Crippen LogP contribution in [-0.4, -0.2) is 15.9 Å². The first-order valence-electron chi connectivity index (χ1n) is 10.4. The Hall–Kier alpha value is -4.23. The van der Waals surface area contributed by atoms with Gasteiger partial charge < -0.3 is 5.32 Å². The topological polar surface area (TPSA) is 54.9 Å². The van der Waals surface area contributed by atoms with E-state index in [1.54, 1.807) is 35.9 Å². The third-order valence-corrected chi connectivity index (χ3v) is 6.48. The van der Waals surface area contributed by atoms with Crippen LogP contribution in [0.15, 0.2) is 97.6 Å². The second-order valence-corrected chi connectivity index (χ2v) is 8.52. The minimum absolute atomic E-state index is 0.432. The summed E-state index contributed by atoms with van der Waals surface area (Å²) in [6, 6.07) is 20.4. The van der Waals surface area contributed by atoms with Gasteiger partial charge in [0.2, 0.25) is 0 Å². The number of nitrogens with one attached hydrogen (secondary N) is 1. The molecule has 0 aliphatic rings. The van der Waals surface area contributed by atoms with Gasteiger partial charge in [-0.15, -0.1) is 11.3 Å². The van der Waals surface area contributed by atoms with Crippen LogP contribution >= 0.6 is 11.3 Å². The minimum Gasteiger partial charge on any atom is -0.322 e. The van der Waals surface area contributed by atoms with Gasteiger partial charge in [0.1, 0.15) is 17.2 Å². The highest BCUT2D eigenvalue weighted by atomic mass is 32.1. The molecule has 5 aromatic rings. The van der Waals surface area contributed by atoms with Gasteiger partial charge in [-0.25, -0.2) is 8.78 Å². The average molecular weight is 470 g/mol. The Kier molecular flexibility index (Phi) is 5.93. The lowest BCUT2D eigenvalue weighted by molar-refractivity contribution is 0.101. The van der Waals surface area contributed by atoms with Crippen molar-refractivity contribution < 1.29 is 13.6 Å². The fourth-order valence-corrected chi connectivity index (χ4v) is 4.77. The van der Waals surface area contributed by atoms with Gasteiger partial charge in [0.15, 0.2) is 0 Å². The Labute approximate surface area is 198 Å². The Balaban J connectivity index is 1.48. The highest BCUT2D eigenvalue weighted by Crippen LogP contribution is 2.43. The summed E-state index contributed by atoms with van der Waals surface area (Å²) in [5, 5.41) is 2.56. The van der Waals surface area contributed by atoms with Gasteiger partial charge in [0.05, 0.1) is 0 Å². The molecular formula is C27H17F2N3OS. The summed E-state index contributed by atoms with van der Waals surface area (Å²) in [7, 11) is 0. The van der Waals surface area contributed by atoms with Crippen LogP contribution in [0, 0.1) is 11.6 Å². The molecule has 1 N–H and O–H groups in total. The molecule has 1 amide bonds. The summed E-state index contributed by atoms with van der Waals surface area (Å²) in [5.41, 5.74) is 3.77. The molecule has 0 saturated carbocycles. The number of carbonyl (C=O) groups is 1. The monoisotopic (exact) mass is 469 g/mol. The maximum absolute atomic E-state index is 13.9.